The van der Waals surface area contributed by atoms with E-state index in [1.165, 1.54) is 0 Å². The van der Waals surface area contributed by atoms with Gasteiger partial charge in [-0.15, -0.1) is 0 Å². The number of carbonyl (C=O) groups is 3. The maximum absolute atomic E-state index is 13.7. The van der Waals surface area contributed by atoms with Crippen molar-refractivity contribution in [3.8, 4) is 0 Å². The highest BCUT2D eigenvalue weighted by Crippen LogP contribution is 2.32. The molecule has 1 aromatic carbocycles. The molecular weight excluding hydrogens is 371 g/mol. The van der Waals surface area contributed by atoms with Gasteiger partial charge in [0.1, 0.15) is 23.6 Å². The van der Waals surface area contributed by atoms with Crippen molar-refractivity contribution in [3.63, 3.8) is 0 Å². The highest BCUT2D eigenvalue weighted by molar-refractivity contribution is 6.07. The number of carboxylic acid groups (broad SMARTS) is 1. The lowest BCUT2D eigenvalue weighted by molar-refractivity contribution is -0.177. The van der Waals surface area contributed by atoms with Crippen molar-refractivity contribution < 1.29 is 33.4 Å². The van der Waals surface area contributed by atoms with Gasteiger partial charge in [-0.3, -0.25) is 4.79 Å². The number of rotatable bonds is 6. The number of carboxylic acids is 1. The zero-order valence-corrected chi connectivity index (χ0v) is 16.9. The zero-order valence-electron chi connectivity index (χ0n) is 16.9. The summed E-state index contributed by atoms with van der Waals surface area (Å²) in [5, 5.41) is 11.4. The summed E-state index contributed by atoms with van der Waals surface area (Å²) in [6.45, 7) is 8.96. The molecular formula is C19H27FN2O6. The lowest BCUT2D eigenvalue weighted by Crippen LogP contribution is -2.56. The number of esters is 2. The van der Waals surface area contributed by atoms with Crippen LogP contribution in [0.5, 0.6) is 0 Å². The second-order valence-electron chi connectivity index (χ2n) is 8.25. The molecule has 0 aliphatic carbocycles. The quantitative estimate of drug-likeness (QED) is 0.491. The summed E-state index contributed by atoms with van der Waals surface area (Å²) in [5.74, 6) is -4.17. The van der Waals surface area contributed by atoms with Gasteiger partial charge in [0.05, 0.1) is 0 Å². The summed E-state index contributed by atoms with van der Waals surface area (Å²) in [4.78, 5) is 36.7. The van der Waals surface area contributed by atoms with Gasteiger partial charge in [-0.05, 0) is 53.7 Å². The summed E-state index contributed by atoms with van der Waals surface area (Å²) in [5.41, 5.74) is 1.52. The number of hydrogen-bond donors (Lipinski definition) is 3. The SMILES string of the molecule is CC(C)(C)OC(=O)C(N)(C(=O)OC(C)(C)C)c1ccc(F)cc1NCC(=O)O. The number of anilines is 1. The monoisotopic (exact) mass is 398 g/mol. The van der Waals surface area contributed by atoms with Gasteiger partial charge < -0.3 is 25.6 Å². The van der Waals surface area contributed by atoms with Crippen LogP contribution < -0.4 is 11.1 Å². The van der Waals surface area contributed by atoms with Gasteiger partial charge in [-0.2, -0.15) is 0 Å². The molecule has 0 aromatic heterocycles. The topological polar surface area (TPSA) is 128 Å². The van der Waals surface area contributed by atoms with Crippen LogP contribution in [0.2, 0.25) is 0 Å². The molecule has 8 nitrogen and oxygen atoms in total. The van der Waals surface area contributed by atoms with Crippen molar-refractivity contribution in [2.75, 3.05) is 11.9 Å². The first-order valence-corrected chi connectivity index (χ1v) is 8.58. The largest absolute Gasteiger partial charge is 0.480 e. The van der Waals surface area contributed by atoms with Gasteiger partial charge in [0.2, 0.25) is 5.54 Å². The molecule has 0 bridgehead atoms. The van der Waals surface area contributed by atoms with E-state index in [2.05, 4.69) is 5.32 Å². The molecule has 0 radical (unpaired) electrons. The Kier molecular flexibility index (Phi) is 6.79. The summed E-state index contributed by atoms with van der Waals surface area (Å²) in [7, 11) is 0. The van der Waals surface area contributed by atoms with E-state index in [9.17, 15) is 18.8 Å². The molecule has 1 rings (SSSR count). The van der Waals surface area contributed by atoms with Gasteiger partial charge in [-0.25, -0.2) is 14.0 Å². The number of nitrogens with two attached hydrogens (primary N) is 1. The molecule has 0 saturated heterocycles. The second-order valence-corrected chi connectivity index (χ2v) is 8.25. The Morgan fingerprint density at radius 1 is 1.04 bits per heavy atom. The standard InChI is InChI=1S/C19H27FN2O6/c1-17(2,3)27-15(25)19(21,16(26)28-18(4,5)6)12-8-7-11(20)9-13(12)22-10-14(23)24/h7-9,22H,10,21H2,1-6H3,(H,23,24). The van der Waals surface area contributed by atoms with E-state index < -0.39 is 47.0 Å². The van der Waals surface area contributed by atoms with Crippen LogP contribution in [-0.4, -0.2) is 40.8 Å². The van der Waals surface area contributed by atoms with E-state index in [1.807, 2.05) is 0 Å². The van der Waals surface area contributed by atoms with E-state index >= 15 is 0 Å². The van der Waals surface area contributed by atoms with E-state index in [0.29, 0.717) is 0 Å². The highest BCUT2D eigenvalue weighted by atomic mass is 19.1. The first kappa shape index (κ1) is 23.4. The molecule has 0 fully saturated rings. The van der Waals surface area contributed by atoms with Crippen LogP contribution in [0.25, 0.3) is 0 Å². The van der Waals surface area contributed by atoms with Crippen LogP contribution in [0.15, 0.2) is 18.2 Å². The van der Waals surface area contributed by atoms with Crippen LogP contribution in [0.4, 0.5) is 10.1 Å². The molecule has 1 aromatic rings. The molecule has 28 heavy (non-hydrogen) atoms. The molecule has 0 aliphatic heterocycles. The van der Waals surface area contributed by atoms with E-state index in [4.69, 9.17) is 20.3 Å². The third-order valence-electron chi connectivity index (χ3n) is 3.28. The molecule has 9 heteroatoms. The van der Waals surface area contributed by atoms with Crippen molar-refractivity contribution in [2.45, 2.75) is 58.3 Å². The van der Waals surface area contributed by atoms with Gasteiger partial charge in [0.25, 0.3) is 0 Å². The summed E-state index contributed by atoms with van der Waals surface area (Å²) in [6, 6.07) is 3.06. The normalized spacial score (nSPS) is 12.3. The average Bonchev–Trinajstić information content (AvgIpc) is 2.48. The lowest BCUT2D eigenvalue weighted by atomic mass is 9.88. The molecule has 156 valence electrons. The van der Waals surface area contributed by atoms with Gasteiger partial charge in [-0.1, -0.05) is 6.07 Å². The molecule has 0 aliphatic rings. The van der Waals surface area contributed by atoms with Gasteiger partial charge in [0, 0.05) is 11.3 Å². The highest BCUT2D eigenvalue weighted by Gasteiger charge is 2.51. The number of ether oxygens (including phenoxy) is 2. The number of benzene rings is 1. The predicted octanol–water partition coefficient (Wildman–Crippen LogP) is 2.16. The van der Waals surface area contributed by atoms with Crippen LogP contribution in [0.3, 0.4) is 0 Å². The maximum atomic E-state index is 13.7. The predicted molar refractivity (Wildman–Crippen MR) is 100 cm³/mol. The summed E-state index contributed by atoms with van der Waals surface area (Å²) >= 11 is 0. The van der Waals surface area contributed by atoms with Gasteiger partial charge in [0.15, 0.2) is 0 Å². The first-order chi connectivity index (χ1) is 12.6. The third-order valence-corrected chi connectivity index (χ3v) is 3.28. The minimum Gasteiger partial charge on any atom is -0.480 e. The Morgan fingerprint density at radius 3 is 1.89 bits per heavy atom. The molecule has 4 N–H and O–H groups in total. The Balaban J connectivity index is 3.57. The molecule has 0 amide bonds. The van der Waals surface area contributed by atoms with Crippen LogP contribution in [0, 0.1) is 5.82 Å². The van der Waals surface area contributed by atoms with Crippen LogP contribution >= 0.6 is 0 Å². The van der Waals surface area contributed by atoms with Crippen molar-refractivity contribution in [2.24, 2.45) is 5.73 Å². The van der Waals surface area contributed by atoms with Crippen molar-refractivity contribution in [3.05, 3.63) is 29.6 Å². The number of carbonyl (C=O) groups excluding carboxylic acids is 2. The smallest absolute Gasteiger partial charge is 0.343 e. The minimum absolute atomic E-state index is 0.137. The number of aliphatic carboxylic acids is 1. The molecule has 0 atom stereocenters. The molecule has 0 unspecified atom stereocenters. The Morgan fingerprint density at radius 2 is 1.50 bits per heavy atom. The zero-order chi connectivity index (χ0) is 21.9. The fourth-order valence-electron chi connectivity index (χ4n) is 2.20. The number of halogens is 1. The Bertz CT molecular complexity index is 737. The fourth-order valence-corrected chi connectivity index (χ4v) is 2.20. The number of nitrogens with one attached hydrogen (secondary N) is 1. The maximum Gasteiger partial charge on any atom is 0.343 e. The summed E-state index contributed by atoms with van der Waals surface area (Å²) < 4.78 is 24.3. The van der Waals surface area contributed by atoms with Crippen LogP contribution in [0.1, 0.15) is 47.1 Å². The Labute approximate surface area is 163 Å². The van der Waals surface area contributed by atoms with Crippen molar-refractivity contribution in [1.82, 2.24) is 0 Å². The van der Waals surface area contributed by atoms with Crippen molar-refractivity contribution >= 4 is 23.6 Å². The summed E-state index contributed by atoms with van der Waals surface area (Å²) in [6.07, 6.45) is 0. The first-order valence-electron chi connectivity index (χ1n) is 8.58. The fraction of sp³-hybridized carbons (Fsp3) is 0.526. The molecule has 0 spiro atoms. The minimum atomic E-state index is -2.45. The van der Waals surface area contributed by atoms with E-state index in [1.54, 1.807) is 41.5 Å². The van der Waals surface area contributed by atoms with E-state index in [-0.39, 0.29) is 11.3 Å². The molecule has 0 saturated carbocycles. The number of hydrogen-bond acceptors (Lipinski definition) is 7. The third kappa shape index (κ3) is 6.19. The van der Waals surface area contributed by atoms with E-state index in [0.717, 1.165) is 18.2 Å². The van der Waals surface area contributed by atoms with Crippen molar-refractivity contribution in [1.29, 1.82) is 0 Å². The average molecular weight is 398 g/mol. The second kappa shape index (κ2) is 8.14. The lowest BCUT2D eigenvalue weighted by Gasteiger charge is -2.33. The van der Waals surface area contributed by atoms with Gasteiger partial charge >= 0.3 is 17.9 Å². The van der Waals surface area contributed by atoms with Crippen LogP contribution in [-0.2, 0) is 29.4 Å². The molecule has 0 heterocycles. The Hall–Kier alpha value is -2.68.